The van der Waals surface area contributed by atoms with Gasteiger partial charge in [-0.3, -0.25) is 4.99 Å². The summed E-state index contributed by atoms with van der Waals surface area (Å²) in [5.74, 6) is 0. The van der Waals surface area contributed by atoms with Crippen molar-refractivity contribution in [1.82, 2.24) is 0 Å². The standard InChI is InChI=1S/C21H23.C11H11N.2ClH.Zr/c1-5-15-13-17-7-6-8-19(20(17)14-15)16-9-11-18(12-10-16)21(2,3)4;1-2-7-8-3-4-9(7)11-10(8)5-6-12-11;;;/h6-14H,5H2,1-4H3;5-6H,2-4H2,1H3;2*1H;/q-1;;;;+3/p-2. The van der Waals surface area contributed by atoms with E-state index in [0.29, 0.717) is 0 Å². The molecule has 185 valence electrons. The van der Waals surface area contributed by atoms with Crippen molar-refractivity contribution in [2.75, 3.05) is 0 Å². The van der Waals surface area contributed by atoms with Crippen LogP contribution in [-0.4, -0.2) is 5.71 Å². The number of nitrogens with zero attached hydrogens (tertiary/aromatic N) is 1. The van der Waals surface area contributed by atoms with E-state index in [0.717, 1.165) is 6.42 Å². The predicted molar refractivity (Wildman–Crippen MR) is 143 cm³/mol. The van der Waals surface area contributed by atoms with E-state index in [9.17, 15) is 0 Å². The minimum absolute atomic E-state index is 0. The van der Waals surface area contributed by atoms with Gasteiger partial charge in [0.1, 0.15) is 0 Å². The Hall–Kier alpha value is -1.60. The van der Waals surface area contributed by atoms with Crippen LogP contribution < -0.4 is 24.8 Å². The van der Waals surface area contributed by atoms with Gasteiger partial charge >= 0.3 is 26.2 Å². The number of rotatable bonds is 3. The maximum Gasteiger partial charge on any atom is 3.00 e. The Kier molecular flexibility index (Phi) is 10.5. The van der Waals surface area contributed by atoms with Crippen LogP contribution in [0, 0.1) is 0 Å². The fourth-order valence-electron chi connectivity index (χ4n) is 5.44. The number of allylic oxidation sites excluding steroid dienone is 5. The van der Waals surface area contributed by atoms with Crippen molar-refractivity contribution in [2.24, 2.45) is 4.99 Å². The van der Waals surface area contributed by atoms with Crippen LogP contribution in [0.15, 0.2) is 94.2 Å². The van der Waals surface area contributed by atoms with Crippen LogP contribution in [-0.2, 0) is 38.0 Å². The molecule has 0 N–H and O–H groups in total. The molecule has 0 unspecified atom stereocenters. The van der Waals surface area contributed by atoms with E-state index >= 15 is 0 Å². The van der Waals surface area contributed by atoms with Gasteiger partial charge in [0.15, 0.2) is 0 Å². The quantitative estimate of drug-likeness (QED) is 0.414. The molecule has 0 saturated heterocycles. The van der Waals surface area contributed by atoms with Gasteiger partial charge in [0.2, 0.25) is 0 Å². The molecule has 0 amide bonds. The molecule has 6 rings (SSSR count). The zero-order valence-corrected chi connectivity index (χ0v) is 25.9. The number of halogens is 2. The molecule has 3 aromatic carbocycles. The predicted octanol–water partition coefficient (Wildman–Crippen LogP) is 2.86. The summed E-state index contributed by atoms with van der Waals surface area (Å²) in [6.45, 7) is 11.2. The first-order valence-corrected chi connectivity index (χ1v) is 12.4. The number of hydrogen-bond donors (Lipinski definition) is 0. The smallest absolute Gasteiger partial charge is 1.00 e. The summed E-state index contributed by atoms with van der Waals surface area (Å²) in [5.41, 5.74) is 13.1. The molecule has 36 heavy (non-hydrogen) atoms. The topological polar surface area (TPSA) is 12.4 Å². The van der Waals surface area contributed by atoms with Crippen molar-refractivity contribution in [3.63, 3.8) is 0 Å². The van der Waals surface area contributed by atoms with Gasteiger partial charge in [-0.2, -0.15) is 6.07 Å². The summed E-state index contributed by atoms with van der Waals surface area (Å²) in [4.78, 5) is 4.40. The van der Waals surface area contributed by atoms with Gasteiger partial charge in [0.25, 0.3) is 0 Å². The fraction of sp³-hybridized carbons (Fsp3) is 0.312. The van der Waals surface area contributed by atoms with Crippen LogP contribution >= 0.6 is 0 Å². The molecule has 3 aromatic rings. The summed E-state index contributed by atoms with van der Waals surface area (Å²) in [5, 5.41) is 2.72. The Morgan fingerprint density at radius 2 is 1.58 bits per heavy atom. The second-order valence-electron chi connectivity index (χ2n) is 10.3. The third kappa shape index (κ3) is 5.62. The second-order valence-corrected chi connectivity index (χ2v) is 10.3. The van der Waals surface area contributed by atoms with Gasteiger partial charge in [-0.15, -0.1) is 34.5 Å². The van der Waals surface area contributed by atoms with Crippen LogP contribution in [0.5, 0.6) is 0 Å². The van der Waals surface area contributed by atoms with Crippen LogP contribution in [0.25, 0.3) is 21.9 Å². The van der Waals surface area contributed by atoms with Crippen LogP contribution in [0.1, 0.15) is 65.0 Å². The van der Waals surface area contributed by atoms with Crippen LogP contribution in [0.2, 0.25) is 0 Å². The van der Waals surface area contributed by atoms with Crippen molar-refractivity contribution in [2.45, 2.75) is 65.7 Å². The van der Waals surface area contributed by atoms with E-state index in [-0.39, 0.29) is 56.4 Å². The molecule has 1 radical (unpaired) electrons. The number of aliphatic imine (C=N–C) groups is 1. The molecule has 2 bridgehead atoms. The Morgan fingerprint density at radius 1 is 0.889 bits per heavy atom. The summed E-state index contributed by atoms with van der Waals surface area (Å²) in [6, 6.07) is 20.3. The van der Waals surface area contributed by atoms with Gasteiger partial charge in [0, 0.05) is 11.8 Å². The molecule has 2 aliphatic carbocycles. The third-order valence-electron chi connectivity index (χ3n) is 7.30. The monoisotopic (exact) mass is 592 g/mol. The van der Waals surface area contributed by atoms with Crippen molar-refractivity contribution < 1.29 is 51.0 Å². The molecule has 3 aliphatic rings. The van der Waals surface area contributed by atoms with Crippen molar-refractivity contribution >= 4 is 16.5 Å². The number of hydrogen-bond acceptors (Lipinski definition) is 1. The van der Waals surface area contributed by atoms with Gasteiger partial charge in [-0.05, 0) is 65.0 Å². The number of fused-ring (bicyclic) bond motifs is 4. The molecule has 1 heterocycles. The Labute approximate surface area is 248 Å². The van der Waals surface area contributed by atoms with E-state index in [1.807, 2.05) is 6.20 Å². The Bertz CT molecular complexity index is 1350. The Balaban J connectivity index is 0.000000261. The summed E-state index contributed by atoms with van der Waals surface area (Å²) >= 11 is 0. The minimum atomic E-state index is 0. The van der Waals surface area contributed by atoms with Gasteiger partial charge in [-0.1, -0.05) is 70.5 Å². The maximum absolute atomic E-state index is 4.40. The minimum Gasteiger partial charge on any atom is -1.00 e. The van der Waals surface area contributed by atoms with Crippen molar-refractivity contribution in [1.29, 1.82) is 0 Å². The van der Waals surface area contributed by atoms with Crippen molar-refractivity contribution in [3.8, 4) is 11.1 Å². The zero-order chi connectivity index (χ0) is 23.2. The molecule has 1 aliphatic heterocycles. The van der Waals surface area contributed by atoms with E-state index < -0.39 is 0 Å². The first kappa shape index (κ1) is 30.6. The fourth-order valence-corrected chi connectivity index (χ4v) is 5.44. The zero-order valence-electron chi connectivity index (χ0n) is 21.9. The molecule has 4 heteroatoms. The Morgan fingerprint density at radius 3 is 2.19 bits per heavy atom. The van der Waals surface area contributed by atoms with Gasteiger partial charge in [-0.25, -0.2) is 0 Å². The first-order chi connectivity index (χ1) is 15.9. The average Bonchev–Trinajstić information content (AvgIpc) is 3.59. The van der Waals surface area contributed by atoms with E-state index in [1.54, 1.807) is 11.1 Å². The molecular formula is C32H34Cl2NZr. The number of aryl methyl sites for hydroxylation is 1. The van der Waals surface area contributed by atoms with Crippen LogP contribution in [0.4, 0.5) is 0 Å². The maximum atomic E-state index is 4.40. The normalized spacial score (nSPS) is 15.1. The summed E-state index contributed by atoms with van der Waals surface area (Å²) < 4.78 is 0. The van der Waals surface area contributed by atoms with E-state index in [1.165, 1.54) is 69.1 Å². The SMILES string of the molecule is CCC1=C2CCC1=C1C=CN=C12.CCc1cc2c(-c3ccc(C(C)(C)C)cc3)cccc2[cH-]1.[Cl-].[Cl-].[Zr+3]. The molecule has 0 saturated carbocycles. The molecule has 1 nitrogen and oxygen atoms in total. The molecule has 0 fully saturated rings. The molecule has 0 aromatic heterocycles. The van der Waals surface area contributed by atoms with Gasteiger partial charge in [0.05, 0.1) is 5.71 Å². The van der Waals surface area contributed by atoms with E-state index in [2.05, 4.69) is 100 Å². The average molecular weight is 595 g/mol. The van der Waals surface area contributed by atoms with Gasteiger partial charge < -0.3 is 24.8 Å². The largest absolute Gasteiger partial charge is 3.00 e. The third-order valence-corrected chi connectivity index (χ3v) is 7.30. The van der Waals surface area contributed by atoms with E-state index in [4.69, 9.17) is 0 Å². The van der Waals surface area contributed by atoms with Crippen molar-refractivity contribution in [3.05, 3.63) is 100 Å². The molecule has 0 atom stereocenters. The second kappa shape index (κ2) is 12.3. The molecular weight excluding hydrogens is 560 g/mol. The summed E-state index contributed by atoms with van der Waals surface area (Å²) in [6.07, 6.45) is 8.87. The van der Waals surface area contributed by atoms with Crippen LogP contribution in [0.3, 0.4) is 0 Å². The number of benzene rings is 2. The first-order valence-electron chi connectivity index (χ1n) is 12.4. The summed E-state index contributed by atoms with van der Waals surface area (Å²) in [7, 11) is 0. The molecule has 0 spiro atoms.